The molecule has 116 valence electrons. The van der Waals surface area contributed by atoms with E-state index in [4.69, 9.17) is 9.47 Å². The number of esters is 1. The summed E-state index contributed by atoms with van der Waals surface area (Å²) in [5.74, 6) is -0.325. The molecule has 0 aromatic heterocycles. The molecule has 0 spiro atoms. The van der Waals surface area contributed by atoms with E-state index in [2.05, 4.69) is 0 Å². The summed E-state index contributed by atoms with van der Waals surface area (Å²) in [6.45, 7) is 3.20. The number of carbonyl (C=O) groups is 1. The molecular weight excluding hydrogens is 287 g/mol. The van der Waals surface area contributed by atoms with Gasteiger partial charge in [0.25, 0.3) is 0 Å². The first-order valence-electron chi connectivity index (χ1n) is 6.45. The van der Waals surface area contributed by atoms with Gasteiger partial charge in [-0.05, 0) is 38.1 Å². The van der Waals surface area contributed by atoms with Gasteiger partial charge < -0.3 is 14.4 Å². The van der Waals surface area contributed by atoms with E-state index in [0.29, 0.717) is 11.4 Å². The van der Waals surface area contributed by atoms with Crippen LogP contribution in [-0.4, -0.2) is 37.4 Å². The molecule has 1 saturated heterocycles. The lowest BCUT2D eigenvalue weighted by Gasteiger charge is -2.09. The molecule has 0 N–H and O–H groups in total. The molecule has 7 heteroatoms. The summed E-state index contributed by atoms with van der Waals surface area (Å²) >= 11 is 0. The normalized spacial score (nSPS) is 21.4. The highest BCUT2D eigenvalue weighted by Gasteiger charge is 2.67. The number of ether oxygens (including phenoxy) is 2. The van der Waals surface area contributed by atoms with Crippen molar-refractivity contribution in [3.63, 3.8) is 0 Å². The molecule has 1 aromatic rings. The molecule has 0 bridgehead atoms. The van der Waals surface area contributed by atoms with E-state index in [-0.39, 0.29) is 0 Å². The van der Waals surface area contributed by atoms with Crippen LogP contribution in [0, 0.1) is 0 Å². The Balaban J connectivity index is 2.21. The van der Waals surface area contributed by atoms with Gasteiger partial charge in [0.15, 0.2) is 12.1 Å². The van der Waals surface area contributed by atoms with Gasteiger partial charge in [0.2, 0.25) is 0 Å². The lowest BCUT2D eigenvalue weighted by Crippen LogP contribution is -2.25. The average molecular weight is 303 g/mol. The van der Waals surface area contributed by atoms with Crippen LogP contribution in [0.1, 0.15) is 13.8 Å². The minimum atomic E-state index is -4.49. The molecule has 1 aromatic carbocycles. The monoisotopic (exact) mass is 303 g/mol. The predicted octanol–water partition coefficient (Wildman–Crippen LogP) is 2.77. The second kappa shape index (κ2) is 5.46. The van der Waals surface area contributed by atoms with Crippen molar-refractivity contribution in [2.45, 2.75) is 38.2 Å². The van der Waals surface area contributed by atoms with Gasteiger partial charge in [0, 0.05) is 5.69 Å². The lowest BCUT2D eigenvalue weighted by molar-refractivity contribution is -0.152. The van der Waals surface area contributed by atoms with Crippen molar-refractivity contribution in [1.82, 2.24) is 0 Å². The van der Waals surface area contributed by atoms with E-state index in [1.54, 1.807) is 26.0 Å². The van der Waals surface area contributed by atoms with Crippen LogP contribution >= 0.6 is 0 Å². The zero-order valence-electron chi connectivity index (χ0n) is 11.8. The summed E-state index contributed by atoms with van der Waals surface area (Å²) in [4.78, 5) is 12.8. The molecule has 4 nitrogen and oxygen atoms in total. The summed E-state index contributed by atoms with van der Waals surface area (Å²) in [7, 11) is 1.47. The number of hydrogen-bond donors (Lipinski definition) is 0. The van der Waals surface area contributed by atoms with Gasteiger partial charge in [-0.3, -0.25) is 0 Å². The first-order chi connectivity index (χ1) is 9.75. The van der Waals surface area contributed by atoms with Crippen LogP contribution in [0.2, 0.25) is 0 Å². The summed E-state index contributed by atoms with van der Waals surface area (Å²) in [6, 6.07) is 2.91. The van der Waals surface area contributed by atoms with Gasteiger partial charge in [-0.2, -0.15) is 13.2 Å². The molecule has 1 aliphatic heterocycles. The maximum Gasteiger partial charge on any atom is 0.411 e. The van der Waals surface area contributed by atoms with Crippen LogP contribution in [0.4, 0.5) is 18.9 Å². The van der Waals surface area contributed by atoms with Crippen molar-refractivity contribution >= 4 is 11.7 Å². The van der Waals surface area contributed by atoms with Crippen molar-refractivity contribution in [2.75, 3.05) is 12.0 Å². The molecule has 2 unspecified atom stereocenters. The number of halogens is 3. The molecule has 2 rings (SSSR count). The van der Waals surface area contributed by atoms with Gasteiger partial charge in [0.1, 0.15) is 5.75 Å². The topological polar surface area (TPSA) is 38.5 Å². The fraction of sp³-hybridized carbons (Fsp3) is 0.500. The van der Waals surface area contributed by atoms with E-state index in [9.17, 15) is 18.0 Å². The molecule has 1 fully saturated rings. The Hall–Kier alpha value is -1.92. The fourth-order valence-electron chi connectivity index (χ4n) is 2.19. The second-order valence-electron chi connectivity index (χ2n) is 5.02. The van der Waals surface area contributed by atoms with Crippen LogP contribution in [0.3, 0.4) is 0 Å². The van der Waals surface area contributed by atoms with Gasteiger partial charge in [0.05, 0.1) is 13.2 Å². The number of anilines is 1. The van der Waals surface area contributed by atoms with Crippen LogP contribution in [-0.2, 0) is 9.53 Å². The first-order valence-corrected chi connectivity index (χ1v) is 6.45. The number of methoxy groups -OCH3 is 1. The largest absolute Gasteiger partial charge is 0.497 e. The quantitative estimate of drug-likeness (QED) is 0.633. The van der Waals surface area contributed by atoms with Gasteiger partial charge in [-0.15, -0.1) is 0 Å². The number of nitrogens with zero attached hydrogens (tertiary/aromatic N) is 1. The highest BCUT2D eigenvalue weighted by molar-refractivity contribution is 5.88. The zero-order valence-corrected chi connectivity index (χ0v) is 11.8. The summed E-state index contributed by atoms with van der Waals surface area (Å²) in [6.07, 6.45) is -4.94. The van der Waals surface area contributed by atoms with E-state index >= 15 is 0 Å². The van der Waals surface area contributed by atoms with Crippen LogP contribution in [0.25, 0.3) is 0 Å². The van der Waals surface area contributed by atoms with E-state index in [1.807, 2.05) is 0 Å². The average Bonchev–Trinajstić information content (AvgIpc) is 3.13. The third-order valence-corrected chi connectivity index (χ3v) is 3.11. The smallest absolute Gasteiger partial charge is 0.411 e. The van der Waals surface area contributed by atoms with E-state index in [1.165, 1.54) is 19.2 Å². The first kappa shape index (κ1) is 15.5. The predicted molar refractivity (Wildman–Crippen MR) is 70.3 cm³/mol. The number of hydrogen-bond acceptors (Lipinski definition) is 4. The molecular formula is C14H16F3NO3. The highest BCUT2D eigenvalue weighted by atomic mass is 19.4. The van der Waals surface area contributed by atoms with Crippen LogP contribution < -0.4 is 9.64 Å². The Bertz CT molecular complexity index is 513. The third kappa shape index (κ3) is 3.22. The Morgan fingerprint density at radius 3 is 2.24 bits per heavy atom. The number of benzene rings is 1. The minimum Gasteiger partial charge on any atom is -0.497 e. The second-order valence-corrected chi connectivity index (χ2v) is 5.02. The Kier molecular flexibility index (Phi) is 4.02. The molecule has 0 radical (unpaired) electrons. The molecule has 0 saturated carbocycles. The van der Waals surface area contributed by atoms with Gasteiger partial charge >= 0.3 is 12.1 Å². The van der Waals surface area contributed by atoms with Gasteiger partial charge in [-0.25, -0.2) is 4.79 Å². The summed E-state index contributed by atoms with van der Waals surface area (Å²) in [5.41, 5.74) is 0.309. The maximum absolute atomic E-state index is 13.0. The Morgan fingerprint density at radius 2 is 1.81 bits per heavy atom. The maximum atomic E-state index is 13.0. The van der Waals surface area contributed by atoms with E-state index in [0.717, 1.165) is 4.90 Å². The van der Waals surface area contributed by atoms with Crippen LogP contribution in [0.5, 0.6) is 5.75 Å². The van der Waals surface area contributed by atoms with Gasteiger partial charge in [-0.1, -0.05) is 0 Å². The van der Waals surface area contributed by atoms with Crippen molar-refractivity contribution in [1.29, 1.82) is 0 Å². The minimum absolute atomic E-state index is 0.309. The lowest BCUT2D eigenvalue weighted by atomic mass is 10.3. The molecule has 0 aliphatic carbocycles. The molecule has 2 atom stereocenters. The van der Waals surface area contributed by atoms with Crippen molar-refractivity contribution in [3.8, 4) is 5.75 Å². The summed E-state index contributed by atoms with van der Waals surface area (Å²) < 4.78 is 48.8. The number of rotatable bonds is 4. The highest BCUT2D eigenvalue weighted by Crippen LogP contribution is 2.45. The Labute approximate surface area is 120 Å². The molecule has 1 aliphatic rings. The number of alkyl halides is 3. The van der Waals surface area contributed by atoms with E-state index < -0.39 is 30.3 Å². The zero-order chi connectivity index (χ0) is 15.8. The summed E-state index contributed by atoms with van der Waals surface area (Å²) in [5, 5.41) is 0. The van der Waals surface area contributed by atoms with Crippen molar-refractivity contribution < 1.29 is 27.4 Å². The molecule has 21 heavy (non-hydrogen) atoms. The standard InChI is InChI=1S/C14H16F3NO3/c1-8(2)21-13(19)11-12(14(15,16)17)18(11)9-4-6-10(20-3)7-5-9/h4-8,11-12H,1-3H3. The SMILES string of the molecule is COc1ccc(N2C(C(=O)OC(C)C)C2C(F)(F)F)cc1. The van der Waals surface area contributed by atoms with Crippen molar-refractivity contribution in [2.24, 2.45) is 0 Å². The molecule has 0 amide bonds. The third-order valence-electron chi connectivity index (χ3n) is 3.11. The van der Waals surface area contributed by atoms with Crippen LogP contribution in [0.15, 0.2) is 24.3 Å². The fourth-order valence-corrected chi connectivity index (χ4v) is 2.19. The van der Waals surface area contributed by atoms with Crippen molar-refractivity contribution in [3.05, 3.63) is 24.3 Å². The Morgan fingerprint density at radius 1 is 1.24 bits per heavy atom. The molecule has 1 heterocycles. The number of carbonyl (C=O) groups excluding carboxylic acids is 1.